The van der Waals surface area contributed by atoms with Gasteiger partial charge in [0, 0.05) is 23.3 Å². The molecule has 3 nitrogen and oxygen atoms in total. The SMILES string of the molecule is CC[C@]1(c2cccc(OC)c2)C2=C(Cc3ncsc31)CC(C)(C)CC2=O. The van der Waals surface area contributed by atoms with Gasteiger partial charge >= 0.3 is 0 Å². The van der Waals surface area contributed by atoms with Crippen LogP contribution in [0.4, 0.5) is 0 Å². The van der Waals surface area contributed by atoms with Gasteiger partial charge in [0.2, 0.25) is 0 Å². The van der Waals surface area contributed by atoms with Crippen molar-refractivity contribution in [2.45, 2.75) is 51.9 Å². The number of allylic oxidation sites excluding steroid dienone is 2. The summed E-state index contributed by atoms with van der Waals surface area (Å²) < 4.78 is 5.49. The van der Waals surface area contributed by atoms with E-state index in [1.807, 2.05) is 17.6 Å². The zero-order chi connectivity index (χ0) is 18.5. The smallest absolute Gasteiger partial charge is 0.160 e. The molecule has 4 heteroatoms. The van der Waals surface area contributed by atoms with Crippen molar-refractivity contribution < 1.29 is 9.53 Å². The number of ether oxygens (including phenoxy) is 1. The molecule has 0 fully saturated rings. The van der Waals surface area contributed by atoms with Crippen LogP contribution in [0.5, 0.6) is 5.75 Å². The first kappa shape index (κ1) is 17.5. The quantitative estimate of drug-likeness (QED) is 0.758. The molecule has 2 aromatic rings. The summed E-state index contributed by atoms with van der Waals surface area (Å²) >= 11 is 1.68. The lowest BCUT2D eigenvalue weighted by Crippen LogP contribution is -2.42. The van der Waals surface area contributed by atoms with Crippen LogP contribution in [-0.2, 0) is 16.6 Å². The second-order valence-corrected chi connectivity index (χ2v) is 9.07. The van der Waals surface area contributed by atoms with Crippen molar-refractivity contribution in [1.29, 1.82) is 0 Å². The Balaban J connectivity index is 2.02. The van der Waals surface area contributed by atoms with Crippen LogP contribution in [0.3, 0.4) is 0 Å². The second-order valence-electron chi connectivity index (χ2n) is 8.22. The fourth-order valence-electron chi connectivity index (χ4n) is 4.90. The summed E-state index contributed by atoms with van der Waals surface area (Å²) in [5.74, 6) is 1.14. The van der Waals surface area contributed by atoms with Crippen LogP contribution in [0, 0.1) is 5.41 Å². The highest BCUT2D eigenvalue weighted by atomic mass is 32.1. The number of carbonyl (C=O) groups excluding carboxylic acids is 1. The fraction of sp³-hybridized carbons (Fsp3) is 0.455. The number of aromatic nitrogens is 1. The van der Waals surface area contributed by atoms with E-state index < -0.39 is 5.41 Å². The summed E-state index contributed by atoms with van der Waals surface area (Å²) in [5.41, 5.74) is 6.17. The lowest BCUT2D eigenvalue weighted by Gasteiger charge is -2.44. The lowest BCUT2D eigenvalue weighted by atomic mass is 9.59. The first-order valence-electron chi connectivity index (χ1n) is 9.24. The van der Waals surface area contributed by atoms with Gasteiger partial charge in [-0.05, 0) is 36.0 Å². The molecular formula is C22H25NO2S. The predicted molar refractivity (Wildman–Crippen MR) is 105 cm³/mol. The molecule has 0 spiro atoms. The Morgan fingerprint density at radius 1 is 1.27 bits per heavy atom. The first-order chi connectivity index (χ1) is 12.4. The van der Waals surface area contributed by atoms with Gasteiger partial charge in [0.25, 0.3) is 0 Å². The third kappa shape index (κ3) is 2.46. The molecule has 2 aliphatic carbocycles. The Hall–Kier alpha value is -1.94. The maximum absolute atomic E-state index is 13.4. The van der Waals surface area contributed by atoms with Crippen LogP contribution >= 0.6 is 11.3 Å². The molecule has 0 saturated carbocycles. The molecule has 2 aliphatic rings. The number of ketones is 1. The van der Waals surface area contributed by atoms with Gasteiger partial charge in [-0.3, -0.25) is 4.79 Å². The molecule has 0 unspecified atom stereocenters. The molecule has 1 aromatic carbocycles. The largest absolute Gasteiger partial charge is 0.497 e. The lowest BCUT2D eigenvalue weighted by molar-refractivity contribution is -0.118. The van der Waals surface area contributed by atoms with E-state index in [4.69, 9.17) is 4.74 Å². The highest BCUT2D eigenvalue weighted by molar-refractivity contribution is 7.10. The van der Waals surface area contributed by atoms with Crippen molar-refractivity contribution in [2.24, 2.45) is 5.41 Å². The van der Waals surface area contributed by atoms with Gasteiger partial charge in [-0.2, -0.15) is 0 Å². The molecule has 1 aromatic heterocycles. The first-order valence-corrected chi connectivity index (χ1v) is 10.1. The molecule has 26 heavy (non-hydrogen) atoms. The molecule has 0 amide bonds. The van der Waals surface area contributed by atoms with Gasteiger partial charge in [-0.15, -0.1) is 11.3 Å². The topological polar surface area (TPSA) is 39.2 Å². The maximum atomic E-state index is 13.4. The Labute approximate surface area is 159 Å². The predicted octanol–water partition coefficient (Wildman–Crippen LogP) is 5.09. The highest BCUT2D eigenvalue weighted by Gasteiger charge is 2.50. The molecule has 0 bridgehead atoms. The van der Waals surface area contributed by atoms with Gasteiger partial charge in [-0.25, -0.2) is 4.98 Å². The summed E-state index contributed by atoms with van der Waals surface area (Å²) in [4.78, 5) is 19.3. The third-order valence-electron chi connectivity index (χ3n) is 5.89. The number of carbonyl (C=O) groups is 1. The van der Waals surface area contributed by atoms with Crippen molar-refractivity contribution in [3.05, 3.63) is 57.1 Å². The molecule has 0 saturated heterocycles. The monoisotopic (exact) mass is 367 g/mol. The summed E-state index contributed by atoms with van der Waals surface area (Å²) in [6.45, 7) is 6.58. The summed E-state index contributed by atoms with van der Waals surface area (Å²) in [6, 6.07) is 8.22. The van der Waals surface area contributed by atoms with E-state index in [1.54, 1.807) is 18.4 Å². The minimum Gasteiger partial charge on any atom is -0.497 e. The molecule has 136 valence electrons. The minimum atomic E-state index is -0.397. The number of rotatable bonds is 3. The normalized spacial score (nSPS) is 24.2. The van der Waals surface area contributed by atoms with E-state index in [9.17, 15) is 4.79 Å². The van der Waals surface area contributed by atoms with E-state index in [-0.39, 0.29) is 5.41 Å². The molecular weight excluding hydrogens is 342 g/mol. The van der Waals surface area contributed by atoms with Crippen LogP contribution in [0.2, 0.25) is 0 Å². The van der Waals surface area contributed by atoms with Gasteiger partial charge < -0.3 is 4.74 Å². The van der Waals surface area contributed by atoms with Gasteiger partial charge in [0.1, 0.15) is 5.75 Å². The van der Waals surface area contributed by atoms with E-state index in [0.29, 0.717) is 12.2 Å². The van der Waals surface area contributed by atoms with Crippen LogP contribution in [0.15, 0.2) is 40.9 Å². The number of Topliss-reactive ketones (excluding diaryl/α,β-unsaturated/α-hetero) is 1. The summed E-state index contributed by atoms with van der Waals surface area (Å²) in [7, 11) is 1.69. The van der Waals surface area contributed by atoms with E-state index >= 15 is 0 Å². The fourth-order valence-corrected chi connectivity index (χ4v) is 6.01. The average Bonchev–Trinajstić information content (AvgIpc) is 3.07. The van der Waals surface area contributed by atoms with Crippen LogP contribution in [-0.4, -0.2) is 17.9 Å². The molecule has 0 N–H and O–H groups in total. The van der Waals surface area contributed by atoms with Crippen molar-refractivity contribution >= 4 is 17.1 Å². The van der Waals surface area contributed by atoms with Crippen molar-refractivity contribution in [2.75, 3.05) is 7.11 Å². The van der Waals surface area contributed by atoms with Crippen molar-refractivity contribution in [1.82, 2.24) is 4.98 Å². The van der Waals surface area contributed by atoms with Crippen molar-refractivity contribution in [3.8, 4) is 5.75 Å². The zero-order valence-corrected chi connectivity index (χ0v) is 16.7. The van der Waals surface area contributed by atoms with Crippen molar-refractivity contribution in [3.63, 3.8) is 0 Å². The number of hydrogen-bond donors (Lipinski definition) is 0. The maximum Gasteiger partial charge on any atom is 0.160 e. The number of methoxy groups -OCH3 is 1. The van der Waals surface area contributed by atoms with Crippen LogP contribution < -0.4 is 4.74 Å². The second kappa shape index (κ2) is 6.05. The number of benzene rings is 1. The Morgan fingerprint density at radius 3 is 2.81 bits per heavy atom. The van der Waals surface area contributed by atoms with Gasteiger partial charge in [0.05, 0.1) is 23.7 Å². The van der Waals surface area contributed by atoms with Gasteiger partial charge in [0.15, 0.2) is 5.78 Å². The van der Waals surface area contributed by atoms with E-state index in [2.05, 4.69) is 37.9 Å². The van der Waals surface area contributed by atoms with Crippen LogP contribution in [0.1, 0.15) is 56.2 Å². The molecule has 0 radical (unpaired) electrons. The number of thiazole rings is 1. The molecule has 0 aliphatic heterocycles. The highest BCUT2D eigenvalue weighted by Crippen LogP contribution is 2.55. The van der Waals surface area contributed by atoms with Gasteiger partial charge in [-0.1, -0.05) is 38.5 Å². The standard InChI is InChI=1S/C22H25NO2S/c1-5-22(15-7-6-8-16(10-15)25-4)19-14(9-17-20(22)26-13-23-17)11-21(2,3)12-18(19)24/h6-8,10,13H,5,9,11-12H2,1-4H3/t22-/m0/s1. The third-order valence-corrected chi connectivity index (χ3v) is 6.92. The Morgan fingerprint density at radius 2 is 2.08 bits per heavy atom. The number of fused-ring (bicyclic) bond motifs is 1. The minimum absolute atomic E-state index is 0.0251. The molecule has 4 rings (SSSR count). The Kier molecular flexibility index (Phi) is 4.07. The molecule has 1 atom stereocenters. The summed E-state index contributed by atoms with van der Waals surface area (Å²) in [5, 5.41) is 0. The summed E-state index contributed by atoms with van der Waals surface area (Å²) in [6.07, 6.45) is 3.25. The number of nitrogens with zero attached hydrogens (tertiary/aromatic N) is 1. The Bertz CT molecular complexity index is 908. The van der Waals surface area contributed by atoms with E-state index in [0.717, 1.165) is 41.8 Å². The van der Waals surface area contributed by atoms with E-state index in [1.165, 1.54) is 10.5 Å². The van der Waals surface area contributed by atoms with Crippen LogP contribution in [0.25, 0.3) is 0 Å². The zero-order valence-electron chi connectivity index (χ0n) is 15.9. The molecule has 1 heterocycles. The average molecular weight is 368 g/mol. The number of hydrogen-bond acceptors (Lipinski definition) is 4.